The van der Waals surface area contributed by atoms with E-state index in [4.69, 9.17) is 4.74 Å². The summed E-state index contributed by atoms with van der Waals surface area (Å²) in [4.78, 5) is 12.5. The number of hydrogen-bond acceptors (Lipinski definition) is 2. The highest BCUT2D eigenvalue weighted by Crippen LogP contribution is 2.26. The summed E-state index contributed by atoms with van der Waals surface area (Å²) in [5.41, 5.74) is 2.83. The number of carbonyl (C=O) groups excluding carboxylic acids is 1. The highest BCUT2D eigenvalue weighted by atomic mass is 79.9. The molecule has 5 heteroatoms. The second kappa shape index (κ2) is 8.00. The van der Waals surface area contributed by atoms with Crippen LogP contribution in [0.25, 0.3) is 0 Å². The Bertz CT molecular complexity index is 778. The molecule has 1 aliphatic rings. The molecular weight excluding hydrogens is 385 g/mol. The predicted octanol–water partition coefficient (Wildman–Crippen LogP) is 5.26. The van der Waals surface area contributed by atoms with E-state index in [0.717, 1.165) is 12.8 Å². The van der Waals surface area contributed by atoms with Gasteiger partial charge in [-0.05, 0) is 73.6 Å². The number of nitrogens with one attached hydrogen (secondary N) is 1. The van der Waals surface area contributed by atoms with E-state index in [2.05, 4.69) is 27.3 Å². The summed E-state index contributed by atoms with van der Waals surface area (Å²) in [6.45, 7) is 1.88. The molecule has 2 aromatic carbocycles. The fourth-order valence-electron chi connectivity index (χ4n) is 3.07. The second-order valence-electron chi connectivity index (χ2n) is 6.27. The monoisotopic (exact) mass is 405 g/mol. The minimum atomic E-state index is -0.662. The zero-order valence-corrected chi connectivity index (χ0v) is 15.7. The molecule has 2 aromatic rings. The van der Waals surface area contributed by atoms with Gasteiger partial charge in [-0.15, -0.1) is 0 Å². The van der Waals surface area contributed by atoms with Crippen molar-refractivity contribution in [2.24, 2.45) is 0 Å². The van der Waals surface area contributed by atoms with Crippen molar-refractivity contribution < 1.29 is 13.9 Å². The topological polar surface area (TPSA) is 38.3 Å². The van der Waals surface area contributed by atoms with Gasteiger partial charge in [0.05, 0.1) is 5.69 Å². The Balaban J connectivity index is 1.70. The minimum Gasteiger partial charge on any atom is -0.481 e. The summed E-state index contributed by atoms with van der Waals surface area (Å²) in [5, 5.41) is 2.61. The molecule has 1 N–H and O–H groups in total. The number of aryl methyl sites for hydroxylation is 2. The zero-order valence-electron chi connectivity index (χ0n) is 14.1. The van der Waals surface area contributed by atoms with Crippen molar-refractivity contribution >= 4 is 27.5 Å². The maximum atomic E-state index is 13.9. The van der Waals surface area contributed by atoms with Crippen LogP contribution in [0.4, 0.5) is 10.1 Å². The lowest BCUT2D eigenvalue weighted by Crippen LogP contribution is -2.32. The van der Waals surface area contributed by atoms with Gasteiger partial charge in [0.15, 0.2) is 6.10 Å². The quantitative estimate of drug-likeness (QED) is 0.736. The predicted molar refractivity (Wildman–Crippen MR) is 101 cm³/mol. The Morgan fingerprint density at radius 1 is 1.20 bits per heavy atom. The molecule has 0 heterocycles. The van der Waals surface area contributed by atoms with Gasteiger partial charge in [0.2, 0.25) is 0 Å². The number of amides is 1. The van der Waals surface area contributed by atoms with Crippen LogP contribution >= 0.6 is 15.9 Å². The van der Waals surface area contributed by atoms with Gasteiger partial charge in [0.1, 0.15) is 11.6 Å². The van der Waals surface area contributed by atoms with Gasteiger partial charge in [0.25, 0.3) is 5.91 Å². The molecular formula is C20H21BrFNO2. The third kappa shape index (κ3) is 4.40. The van der Waals surface area contributed by atoms with Crippen LogP contribution in [0, 0.1) is 5.82 Å². The molecule has 1 aliphatic carbocycles. The van der Waals surface area contributed by atoms with Crippen LogP contribution < -0.4 is 10.1 Å². The summed E-state index contributed by atoms with van der Waals surface area (Å²) in [7, 11) is 0. The van der Waals surface area contributed by atoms with Gasteiger partial charge in [-0.3, -0.25) is 4.79 Å². The molecule has 0 saturated carbocycles. The average molecular weight is 406 g/mol. The Morgan fingerprint density at radius 2 is 1.96 bits per heavy atom. The van der Waals surface area contributed by atoms with E-state index in [1.165, 1.54) is 36.1 Å². The van der Waals surface area contributed by atoms with Crippen molar-refractivity contribution in [3.63, 3.8) is 0 Å². The number of hydrogen-bond donors (Lipinski definition) is 1. The number of anilines is 1. The molecule has 0 radical (unpaired) electrons. The third-order valence-corrected chi connectivity index (χ3v) is 4.94. The van der Waals surface area contributed by atoms with Crippen LogP contribution in [0.3, 0.4) is 0 Å². The van der Waals surface area contributed by atoms with Gasteiger partial charge in [-0.1, -0.05) is 28.9 Å². The van der Waals surface area contributed by atoms with Crippen LogP contribution in [0.5, 0.6) is 5.75 Å². The molecule has 3 nitrogen and oxygen atoms in total. The number of rotatable bonds is 5. The Morgan fingerprint density at radius 3 is 2.68 bits per heavy atom. The largest absolute Gasteiger partial charge is 0.481 e. The highest BCUT2D eigenvalue weighted by Gasteiger charge is 2.20. The standard InChI is InChI=1S/C20H21BrFNO2/c1-2-19(20(24)23-18-10-8-15(21)12-17(18)22)25-16-9-7-13-5-3-4-6-14(13)11-16/h7-12,19H,2-6H2,1H3,(H,23,24)/t19-/m1/s1. The maximum Gasteiger partial charge on any atom is 0.265 e. The Labute approximate surface area is 155 Å². The smallest absolute Gasteiger partial charge is 0.265 e. The second-order valence-corrected chi connectivity index (χ2v) is 7.18. The summed E-state index contributed by atoms with van der Waals surface area (Å²) in [5.74, 6) is -0.133. The maximum absolute atomic E-state index is 13.9. The van der Waals surface area contributed by atoms with Crippen molar-refractivity contribution in [1.82, 2.24) is 0 Å². The molecule has 132 valence electrons. The Hall–Kier alpha value is -1.88. The fraction of sp³-hybridized carbons (Fsp3) is 0.350. The zero-order chi connectivity index (χ0) is 17.8. The number of halogens is 2. The first-order chi connectivity index (χ1) is 12.1. The molecule has 1 amide bonds. The molecule has 0 spiro atoms. The van der Waals surface area contributed by atoms with Crippen LogP contribution in [0.2, 0.25) is 0 Å². The van der Waals surface area contributed by atoms with Gasteiger partial charge >= 0.3 is 0 Å². The van der Waals surface area contributed by atoms with Crippen molar-refractivity contribution in [2.75, 3.05) is 5.32 Å². The first-order valence-corrected chi connectivity index (χ1v) is 9.40. The van der Waals surface area contributed by atoms with E-state index >= 15 is 0 Å². The molecule has 0 unspecified atom stereocenters. The summed E-state index contributed by atoms with van der Waals surface area (Å²) < 4.78 is 20.4. The average Bonchev–Trinajstić information content (AvgIpc) is 2.61. The van der Waals surface area contributed by atoms with E-state index in [9.17, 15) is 9.18 Å². The first kappa shape index (κ1) is 17.9. The van der Waals surface area contributed by atoms with Gasteiger partial charge in [-0.25, -0.2) is 4.39 Å². The van der Waals surface area contributed by atoms with Crippen molar-refractivity contribution in [1.29, 1.82) is 0 Å². The number of fused-ring (bicyclic) bond motifs is 1. The minimum absolute atomic E-state index is 0.153. The number of ether oxygens (including phenoxy) is 1. The third-order valence-electron chi connectivity index (χ3n) is 4.45. The van der Waals surface area contributed by atoms with Crippen molar-refractivity contribution in [2.45, 2.75) is 45.1 Å². The fourth-order valence-corrected chi connectivity index (χ4v) is 3.41. The molecule has 25 heavy (non-hydrogen) atoms. The molecule has 0 saturated heterocycles. The van der Waals surface area contributed by atoms with Crippen LogP contribution in [0.1, 0.15) is 37.3 Å². The van der Waals surface area contributed by atoms with Crippen LogP contribution in [-0.4, -0.2) is 12.0 Å². The van der Waals surface area contributed by atoms with E-state index in [0.29, 0.717) is 16.6 Å². The number of benzene rings is 2. The molecule has 3 rings (SSSR count). The van der Waals surface area contributed by atoms with E-state index in [1.807, 2.05) is 19.1 Å². The number of carbonyl (C=O) groups is 1. The molecule has 0 fully saturated rings. The van der Waals surface area contributed by atoms with Crippen LogP contribution in [0.15, 0.2) is 40.9 Å². The summed E-state index contributed by atoms with van der Waals surface area (Å²) in [6.07, 6.45) is 4.42. The van der Waals surface area contributed by atoms with Crippen molar-refractivity contribution in [3.05, 3.63) is 57.8 Å². The summed E-state index contributed by atoms with van der Waals surface area (Å²) >= 11 is 3.20. The van der Waals surface area contributed by atoms with Crippen LogP contribution in [-0.2, 0) is 17.6 Å². The van der Waals surface area contributed by atoms with Gasteiger partial charge < -0.3 is 10.1 Å². The van der Waals surface area contributed by atoms with Gasteiger partial charge in [0, 0.05) is 4.47 Å². The lowest BCUT2D eigenvalue weighted by molar-refractivity contribution is -0.122. The van der Waals surface area contributed by atoms with E-state index in [1.54, 1.807) is 6.07 Å². The lowest BCUT2D eigenvalue weighted by Gasteiger charge is -2.20. The van der Waals surface area contributed by atoms with E-state index in [-0.39, 0.29) is 11.6 Å². The lowest BCUT2D eigenvalue weighted by atomic mass is 9.92. The molecule has 0 aromatic heterocycles. The molecule has 1 atom stereocenters. The Kier molecular flexibility index (Phi) is 5.74. The van der Waals surface area contributed by atoms with E-state index < -0.39 is 11.9 Å². The SMILES string of the molecule is CC[C@@H](Oc1ccc2c(c1)CCCC2)C(=O)Nc1ccc(Br)cc1F. The normalized spacial score (nSPS) is 14.5. The van der Waals surface area contributed by atoms with Crippen molar-refractivity contribution in [3.8, 4) is 5.75 Å². The summed E-state index contributed by atoms with van der Waals surface area (Å²) in [6, 6.07) is 10.6. The highest BCUT2D eigenvalue weighted by molar-refractivity contribution is 9.10. The first-order valence-electron chi connectivity index (χ1n) is 8.61. The van der Waals surface area contributed by atoms with Gasteiger partial charge in [-0.2, -0.15) is 0 Å². The molecule has 0 aliphatic heterocycles. The molecule has 0 bridgehead atoms.